The Morgan fingerprint density at radius 1 is 1.22 bits per heavy atom. The number of guanidine groups is 1. The van der Waals surface area contributed by atoms with Gasteiger partial charge >= 0.3 is 6.03 Å². The molecule has 0 radical (unpaired) electrons. The van der Waals surface area contributed by atoms with Gasteiger partial charge in [0.1, 0.15) is 5.82 Å². The number of carbonyl (C=O) groups excluding carboxylic acids is 1. The molecule has 0 saturated carbocycles. The topological polar surface area (TPSA) is 77.0 Å². The van der Waals surface area contributed by atoms with Gasteiger partial charge in [-0.1, -0.05) is 0 Å². The number of urea groups is 1. The van der Waals surface area contributed by atoms with Crippen LogP contribution in [0.25, 0.3) is 0 Å². The Bertz CT molecular complexity index is 436. The van der Waals surface area contributed by atoms with E-state index >= 15 is 0 Å². The minimum Gasteiger partial charge on any atom is -0.333 e. The molecule has 0 heterocycles. The molecule has 0 aromatic heterocycles. The Hall–Kier alpha value is -2.11. The summed E-state index contributed by atoms with van der Waals surface area (Å²) in [5.41, 5.74) is 0.151. The summed E-state index contributed by atoms with van der Waals surface area (Å²) in [4.78, 5) is 11.5. The Balaban J connectivity index is 2.47. The number of hydrogen-bond acceptors (Lipinski definition) is 2. The number of halogens is 1. The SMILES string of the molecule is CC(C)(C)NC(=O)NC(=N)Nc1ccc(F)cc1. The standard InChI is InChI=1S/C12H17FN4O/c1-12(2,3)17-11(18)16-10(14)15-9-6-4-8(13)5-7-9/h4-7H,1-3H3,(H4,14,15,16,17,18). The van der Waals surface area contributed by atoms with Gasteiger partial charge in [0.05, 0.1) is 0 Å². The molecular weight excluding hydrogens is 235 g/mol. The van der Waals surface area contributed by atoms with Crippen molar-refractivity contribution in [3.05, 3.63) is 30.1 Å². The molecule has 0 saturated heterocycles. The molecule has 0 aliphatic carbocycles. The van der Waals surface area contributed by atoms with Gasteiger partial charge in [-0.2, -0.15) is 0 Å². The van der Waals surface area contributed by atoms with Gasteiger partial charge in [-0.05, 0) is 45.0 Å². The smallest absolute Gasteiger partial charge is 0.321 e. The molecule has 98 valence electrons. The number of carbonyl (C=O) groups is 1. The second kappa shape index (κ2) is 5.48. The van der Waals surface area contributed by atoms with Crippen molar-refractivity contribution in [1.82, 2.24) is 10.6 Å². The Morgan fingerprint density at radius 3 is 2.28 bits per heavy atom. The van der Waals surface area contributed by atoms with Crippen molar-refractivity contribution in [3.63, 3.8) is 0 Å². The van der Waals surface area contributed by atoms with Crippen molar-refractivity contribution in [2.75, 3.05) is 5.32 Å². The second-order valence-electron chi connectivity index (χ2n) is 4.84. The van der Waals surface area contributed by atoms with E-state index in [2.05, 4.69) is 16.0 Å². The number of amides is 2. The molecule has 1 rings (SSSR count). The average molecular weight is 252 g/mol. The molecule has 0 bridgehead atoms. The molecular formula is C12H17FN4O. The van der Waals surface area contributed by atoms with Gasteiger partial charge in [-0.3, -0.25) is 10.7 Å². The molecule has 0 fully saturated rings. The van der Waals surface area contributed by atoms with E-state index in [0.29, 0.717) is 5.69 Å². The highest BCUT2D eigenvalue weighted by Gasteiger charge is 2.14. The first kappa shape index (κ1) is 14.0. The summed E-state index contributed by atoms with van der Waals surface area (Å²) in [5.74, 6) is -0.533. The molecule has 0 aliphatic rings. The molecule has 0 atom stereocenters. The summed E-state index contributed by atoms with van der Waals surface area (Å²) in [6.07, 6.45) is 0. The lowest BCUT2D eigenvalue weighted by Crippen LogP contribution is -2.49. The Kier molecular flexibility index (Phi) is 4.25. The van der Waals surface area contributed by atoms with Crippen LogP contribution in [0.1, 0.15) is 20.8 Å². The maximum absolute atomic E-state index is 12.7. The van der Waals surface area contributed by atoms with Crippen LogP contribution < -0.4 is 16.0 Å². The third kappa shape index (κ3) is 5.29. The van der Waals surface area contributed by atoms with Crippen LogP contribution >= 0.6 is 0 Å². The summed E-state index contributed by atoms with van der Waals surface area (Å²) in [5, 5.41) is 15.2. The van der Waals surface area contributed by atoms with Crippen molar-refractivity contribution in [1.29, 1.82) is 5.41 Å². The van der Waals surface area contributed by atoms with E-state index in [1.165, 1.54) is 24.3 Å². The summed E-state index contributed by atoms with van der Waals surface area (Å²) in [6.45, 7) is 5.51. The quantitative estimate of drug-likeness (QED) is 0.457. The monoisotopic (exact) mass is 252 g/mol. The van der Waals surface area contributed by atoms with Crippen LogP contribution in [0.2, 0.25) is 0 Å². The van der Waals surface area contributed by atoms with E-state index in [9.17, 15) is 9.18 Å². The van der Waals surface area contributed by atoms with Crippen LogP contribution in [0.5, 0.6) is 0 Å². The largest absolute Gasteiger partial charge is 0.333 e. The zero-order valence-corrected chi connectivity index (χ0v) is 10.6. The van der Waals surface area contributed by atoms with Crippen molar-refractivity contribution in [2.24, 2.45) is 0 Å². The van der Waals surface area contributed by atoms with Gasteiger partial charge in [-0.15, -0.1) is 0 Å². The van der Waals surface area contributed by atoms with Crippen LogP contribution in [0.15, 0.2) is 24.3 Å². The summed E-state index contributed by atoms with van der Waals surface area (Å²) in [6, 6.07) is 5.03. The van der Waals surface area contributed by atoms with Gasteiger partial charge in [-0.25, -0.2) is 9.18 Å². The highest BCUT2D eigenvalue weighted by molar-refractivity contribution is 6.01. The van der Waals surface area contributed by atoms with Crippen LogP contribution in [0, 0.1) is 11.2 Å². The molecule has 2 amide bonds. The fourth-order valence-electron chi connectivity index (χ4n) is 1.19. The van der Waals surface area contributed by atoms with Crippen molar-refractivity contribution in [3.8, 4) is 0 Å². The predicted molar refractivity (Wildman–Crippen MR) is 69.2 cm³/mol. The van der Waals surface area contributed by atoms with E-state index in [4.69, 9.17) is 5.41 Å². The zero-order chi connectivity index (χ0) is 13.8. The minimum atomic E-state index is -0.470. The molecule has 0 spiro atoms. The summed E-state index contributed by atoms with van der Waals surface area (Å²) < 4.78 is 12.7. The first-order valence-electron chi connectivity index (χ1n) is 5.46. The molecule has 5 nitrogen and oxygen atoms in total. The van der Waals surface area contributed by atoms with E-state index in [1.54, 1.807) is 0 Å². The minimum absolute atomic E-state index is 0.177. The predicted octanol–water partition coefficient (Wildman–Crippen LogP) is 2.27. The van der Waals surface area contributed by atoms with Crippen LogP contribution in [-0.2, 0) is 0 Å². The third-order valence-electron chi connectivity index (χ3n) is 1.84. The maximum atomic E-state index is 12.7. The highest BCUT2D eigenvalue weighted by atomic mass is 19.1. The van der Waals surface area contributed by atoms with Crippen LogP contribution in [0.3, 0.4) is 0 Å². The van der Waals surface area contributed by atoms with Crippen LogP contribution in [-0.4, -0.2) is 17.5 Å². The van der Waals surface area contributed by atoms with E-state index in [1.807, 2.05) is 20.8 Å². The molecule has 0 unspecified atom stereocenters. The lowest BCUT2D eigenvalue weighted by atomic mass is 10.1. The van der Waals surface area contributed by atoms with Crippen molar-refractivity contribution >= 4 is 17.7 Å². The number of anilines is 1. The molecule has 0 aliphatic heterocycles. The molecule has 6 heteroatoms. The lowest BCUT2D eigenvalue weighted by molar-refractivity contribution is 0.236. The van der Waals surface area contributed by atoms with E-state index < -0.39 is 6.03 Å². The fourth-order valence-corrected chi connectivity index (χ4v) is 1.19. The summed E-state index contributed by atoms with van der Waals surface area (Å²) in [7, 11) is 0. The van der Waals surface area contributed by atoms with Gasteiger partial charge < -0.3 is 10.6 Å². The normalized spacial score (nSPS) is 10.7. The fraction of sp³-hybridized carbons (Fsp3) is 0.333. The zero-order valence-electron chi connectivity index (χ0n) is 10.6. The molecule has 18 heavy (non-hydrogen) atoms. The lowest BCUT2D eigenvalue weighted by Gasteiger charge is -2.21. The molecule has 4 N–H and O–H groups in total. The summed E-state index contributed by atoms with van der Waals surface area (Å²) >= 11 is 0. The first-order valence-corrected chi connectivity index (χ1v) is 5.46. The second-order valence-corrected chi connectivity index (χ2v) is 4.84. The molecule has 1 aromatic carbocycles. The number of hydrogen-bond donors (Lipinski definition) is 4. The molecule has 1 aromatic rings. The van der Waals surface area contributed by atoms with Crippen LogP contribution in [0.4, 0.5) is 14.9 Å². The third-order valence-corrected chi connectivity index (χ3v) is 1.84. The van der Waals surface area contributed by atoms with Crippen molar-refractivity contribution in [2.45, 2.75) is 26.3 Å². The Labute approximate surface area is 105 Å². The number of rotatable bonds is 1. The van der Waals surface area contributed by atoms with E-state index in [-0.39, 0.29) is 17.3 Å². The van der Waals surface area contributed by atoms with Crippen molar-refractivity contribution < 1.29 is 9.18 Å². The van der Waals surface area contributed by atoms with Gasteiger partial charge in [0.25, 0.3) is 0 Å². The number of nitrogens with one attached hydrogen (secondary N) is 4. The first-order chi connectivity index (χ1) is 8.26. The van der Waals surface area contributed by atoms with Gasteiger partial charge in [0.15, 0.2) is 0 Å². The average Bonchev–Trinajstić information content (AvgIpc) is 2.18. The van der Waals surface area contributed by atoms with E-state index in [0.717, 1.165) is 0 Å². The Morgan fingerprint density at radius 2 is 1.78 bits per heavy atom. The maximum Gasteiger partial charge on any atom is 0.321 e. The number of benzene rings is 1. The van der Waals surface area contributed by atoms with Gasteiger partial charge in [0, 0.05) is 11.2 Å². The highest BCUT2D eigenvalue weighted by Crippen LogP contribution is 2.07. The van der Waals surface area contributed by atoms with Gasteiger partial charge in [0.2, 0.25) is 5.96 Å².